The minimum absolute atomic E-state index is 0.0651. The largest absolute Gasteiger partial charge is 0.360 e. The van der Waals surface area contributed by atoms with Crippen molar-refractivity contribution in [1.29, 1.82) is 0 Å². The van der Waals surface area contributed by atoms with E-state index in [1.807, 2.05) is 30.3 Å². The maximum Gasteiger partial charge on any atom is 0.257 e. The van der Waals surface area contributed by atoms with E-state index in [0.29, 0.717) is 22.5 Å². The summed E-state index contributed by atoms with van der Waals surface area (Å²) in [5.74, 6) is -2.37. The predicted molar refractivity (Wildman–Crippen MR) is 157 cm³/mol. The Morgan fingerprint density at radius 1 is 0.837 bits per heavy atom. The molecule has 43 heavy (non-hydrogen) atoms. The molecule has 10 nitrogen and oxygen atoms in total. The first-order chi connectivity index (χ1) is 20.8. The van der Waals surface area contributed by atoms with Crippen molar-refractivity contribution in [2.24, 2.45) is 0 Å². The van der Waals surface area contributed by atoms with Crippen molar-refractivity contribution in [3.05, 3.63) is 107 Å². The van der Waals surface area contributed by atoms with E-state index in [0.717, 1.165) is 5.56 Å². The van der Waals surface area contributed by atoms with Gasteiger partial charge in [-0.3, -0.25) is 34.1 Å². The number of benzene rings is 3. The van der Waals surface area contributed by atoms with E-state index in [1.165, 1.54) is 11.1 Å². The molecule has 3 aromatic carbocycles. The number of anilines is 2. The van der Waals surface area contributed by atoms with Gasteiger partial charge in [-0.25, -0.2) is 0 Å². The van der Waals surface area contributed by atoms with Crippen molar-refractivity contribution in [2.75, 3.05) is 10.6 Å². The Balaban J connectivity index is 1.18. The van der Waals surface area contributed by atoms with Gasteiger partial charge in [-0.1, -0.05) is 48.5 Å². The second-order valence-corrected chi connectivity index (χ2v) is 10.8. The molecule has 1 unspecified atom stereocenters. The van der Waals surface area contributed by atoms with Gasteiger partial charge in [0.05, 0.1) is 16.8 Å². The van der Waals surface area contributed by atoms with Crippen LogP contribution in [0.25, 0.3) is 0 Å². The number of Topliss-reactive ketones (excluding diaryl/α,β-unsaturated/α-hetero) is 2. The van der Waals surface area contributed by atoms with Crippen LogP contribution in [0.4, 0.5) is 11.4 Å². The number of allylic oxidation sites excluding steroid dienone is 1. The number of imide groups is 1. The third-order valence-electron chi connectivity index (χ3n) is 8.11. The van der Waals surface area contributed by atoms with Gasteiger partial charge in [0.1, 0.15) is 6.04 Å². The van der Waals surface area contributed by atoms with E-state index in [-0.39, 0.29) is 72.7 Å². The molecule has 3 aliphatic rings. The van der Waals surface area contributed by atoms with E-state index >= 15 is 0 Å². The van der Waals surface area contributed by atoms with Crippen LogP contribution in [0, 0.1) is 0 Å². The molecule has 0 spiro atoms. The Morgan fingerprint density at radius 2 is 1.53 bits per heavy atom. The zero-order chi connectivity index (χ0) is 30.1. The zero-order valence-corrected chi connectivity index (χ0v) is 23.1. The number of rotatable bonds is 6. The molecular weight excluding hydrogens is 548 g/mol. The molecule has 10 heteroatoms. The van der Waals surface area contributed by atoms with Crippen LogP contribution < -0.4 is 16.0 Å². The van der Waals surface area contributed by atoms with Gasteiger partial charge >= 0.3 is 0 Å². The molecule has 1 aliphatic carbocycles. The number of amides is 4. The molecule has 216 valence electrons. The standard InChI is InChI=1S/C33H28N4O6/c38-28-15-20(19-7-2-1-3-8-19)16-29(39)23(28)17-34-25-11-5-4-9-22(25)31(41)35-26-12-6-10-21-24(26)18-37(33(21)43)27-13-14-30(40)36-32(27)42/h1-12,17,20,27,34H,13-16,18H2,(H,35,41)(H,36,40,42). The molecule has 2 aliphatic heterocycles. The minimum Gasteiger partial charge on any atom is -0.360 e. The number of fused-ring (bicyclic) bond motifs is 1. The third-order valence-corrected chi connectivity index (χ3v) is 8.11. The summed E-state index contributed by atoms with van der Waals surface area (Å²) in [4.78, 5) is 77.8. The number of para-hydroxylation sites is 1. The summed E-state index contributed by atoms with van der Waals surface area (Å²) < 4.78 is 0. The quantitative estimate of drug-likeness (QED) is 0.231. The van der Waals surface area contributed by atoms with Crippen LogP contribution in [-0.2, 0) is 25.7 Å². The van der Waals surface area contributed by atoms with E-state index < -0.39 is 17.9 Å². The molecule has 3 N–H and O–H groups in total. The Kier molecular flexibility index (Phi) is 7.41. The maximum atomic E-state index is 13.5. The molecule has 0 radical (unpaired) electrons. The van der Waals surface area contributed by atoms with Crippen LogP contribution in [0.1, 0.15) is 63.4 Å². The number of hydrogen-bond acceptors (Lipinski definition) is 7. The van der Waals surface area contributed by atoms with Gasteiger partial charge < -0.3 is 15.5 Å². The van der Waals surface area contributed by atoms with Gasteiger partial charge in [-0.2, -0.15) is 0 Å². The summed E-state index contributed by atoms with van der Waals surface area (Å²) >= 11 is 0. The average molecular weight is 577 g/mol. The number of piperidine rings is 1. The van der Waals surface area contributed by atoms with Gasteiger partial charge in [0, 0.05) is 48.8 Å². The Bertz CT molecular complexity index is 1690. The zero-order valence-electron chi connectivity index (χ0n) is 23.1. The number of carbonyl (C=O) groups excluding carboxylic acids is 6. The number of nitrogens with one attached hydrogen (secondary N) is 3. The summed E-state index contributed by atoms with van der Waals surface area (Å²) in [6, 6.07) is 20.4. The van der Waals surface area contributed by atoms with Gasteiger partial charge in [0.2, 0.25) is 11.8 Å². The lowest BCUT2D eigenvalue weighted by atomic mass is 9.80. The fourth-order valence-corrected chi connectivity index (χ4v) is 5.87. The van der Waals surface area contributed by atoms with Crippen molar-refractivity contribution in [3.8, 4) is 0 Å². The third kappa shape index (κ3) is 5.46. The smallest absolute Gasteiger partial charge is 0.257 e. The van der Waals surface area contributed by atoms with Crippen molar-refractivity contribution in [2.45, 2.75) is 44.2 Å². The predicted octanol–water partition coefficient (Wildman–Crippen LogP) is 3.71. The molecule has 6 rings (SSSR count). The molecular formula is C33H28N4O6. The Labute approximate surface area is 247 Å². The average Bonchev–Trinajstić information content (AvgIpc) is 3.34. The van der Waals surface area contributed by atoms with Crippen LogP contribution >= 0.6 is 0 Å². The molecule has 2 heterocycles. The lowest BCUT2D eigenvalue weighted by Crippen LogP contribution is -2.52. The molecule has 0 aromatic heterocycles. The molecule has 4 amide bonds. The first kappa shape index (κ1) is 27.8. The highest BCUT2D eigenvalue weighted by Gasteiger charge is 2.40. The van der Waals surface area contributed by atoms with Gasteiger partial charge in [-0.15, -0.1) is 0 Å². The van der Waals surface area contributed by atoms with Gasteiger partial charge in [0.25, 0.3) is 11.8 Å². The van der Waals surface area contributed by atoms with Gasteiger partial charge in [-0.05, 0) is 42.2 Å². The molecule has 1 saturated carbocycles. The summed E-state index contributed by atoms with van der Waals surface area (Å²) in [6.07, 6.45) is 2.19. The van der Waals surface area contributed by atoms with Crippen LogP contribution in [0.3, 0.4) is 0 Å². The molecule has 1 saturated heterocycles. The van der Waals surface area contributed by atoms with Crippen molar-refractivity contribution in [3.63, 3.8) is 0 Å². The topological polar surface area (TPSA) is 142 Å². The summed E-state index contributed by atoms with van der Waals surface area (Å²) in [5, 5.41) is 8.14. The fourth-order valence-electron chi connectivity index (χ4n) is 5.87. The van der Waals surface area contributed by atoms with Crippen LogP contribution in [0.5, 0.6) is 0 Å². The summed E-state index contributed by atoms with van der Waals surface area (Å²) in [5.41, 5.74) is 3.05. The molecule has 2 fully saturated rings. The SMILES string of the molecule is O=C1CCC(N2Cc3c(NC(=O)c4ccccc4NC=C4C(=O)CC(c5ccccc5)CC4=O)cccc3C2=O)C(=O)N1. The molecule has 3 aromatic rings. The first-order valence-corrected chi connectivity index (χ1v) is 14.0. The van der Waals surface area contributed by atoms with Crippen LogP contribution in [-0.4, -0.2) is 46.1 Å². The van der Waals surface area contributed by atoms with E-state index in [1.54, 1.807) is 42.5 Å². The van der Waals surface area contributed by atoms with Crippen LogP contribution in [0.15, 0.2) is 84.6 Å². The van der Waals surface area contributed by atoms with E-state index in [9.17, 15) is 28.8 Å². The highest BCUT2D eigenvalue weighted by molar-refractivity contribution is 6.22. The van der Waals surface area contributed by atoms with Crippen molar-refractivity contribution < 1.29 is 28.8 Å². The van der Waals surface area contributed by atoms with Crippen molar-refractivity contribution >= 4 is 46.6 Å². The highest BCUT2D eigenvalue weighted by Crippen LogP contribution is 2.34. The maximum absolute atomic E-state index is 13.5. The lowest BCUT2D eigenvalue weighted by molar-refractivity contribution is -0.137. The fraction of sp³-hybridized carbons (Fsp3) is 0.212. The Morgan fingerprint density at radius 3 is 2.28 bits per heavy atom. The Hall–Kier alpha value is -5.38. The first-order valence-electron chi connectivity index (χ1n) is 14.0. The highest BCUT2D eigenvalue weighted by atomic mass is 16.2. The second-order valence-electron chi connectivity index (χ2n) is 10.8. The van der Waals surface area contributed by atoms with Gasteiger partial charge in [0.15, 0.2) is 11.6 Å². The minimum atomic E-state index is -0.771. The second kappa shape index (κ2) is 11.5. The number of nitrogens with zero attached hydrogens (tertiary/aromatic N) is 1. The number of ketones is 2. The monoisotopic (exact) mass is 576 g/mol. The lowest BCUT2D eigenvalue weighted by Gasteiger charge is -2.29. The summed E-state index contributed by atoms with van der Waals surface area (Å²) in [6.45, 7) is 0.108. The number of carbonyl (C=O) groups is 6. The number of hydrogen-bond donors (Lipinski definition) is 3. The van der Waals surface area contributed by atoms with Crippen LogP contribution in [0.2, 0.25) is 0 Å². The van der Waals surface area contributed by atoms with Crippen molar-refractivity contribution in [1.82, 2.24) is 10.2 Å². The van der Waals surface area contributed by atoms with E-state index in [2.05, 4.69) is 16.0 Å². The van der Waals surface area contributed by atoms with E-state index in [4.69, 9.17) is 0 Å². The normalized spacial score (nSPS) is 20.0. The molecule has 0 bridgehead atoms. The molecule has 1 atom stereocenters. The summed E-state index contributed by atoms with van der Waals surface area (Å²) in [7, 11) is 0.